The fourth-order valence-electron chi connectivity index (χ4n) is 4.44. The van der Waals surface area contributed by atoms with E-state index in [1.165, 1.54) is 11.1 Å². The summed E-state index contributed by atoms with van der Waals surface area (Å²) in [6.45, 7) is 9.96. The Morgan fingerprint density at radius 2 is 2.12 bits per heavy atom. The predicted molar refractivity (Wildman–Crippen MR) is 109 cm³/mol. The van der Waals surface area contributed by atoms with Crippen LogP contribution in [0.5, 0.6) is 0 Å². The second-order valence-electron chi connectivity index (χ2n) is 7.63. The third-order valence-electron chi connectivity index (χ3n) is 5.88. The number of thiophene rings is 1. The number of likely N-dealkylation sites (tertiary alicyclic amines) is 1. The number of aryl methyl sites for hydroxylation is 1. The summed E-state index contributed by atoms with van der Waals surface area (Å²) in [6, 6.07) is 10.7. The lowest BCUT2D eigenvalue weighted by atomic mass is 9.74. The van der Waals surface area contributed by atoms with Gasteiger partial charge >= 0.3 is 0 Å². The molecule has 1 fully saturated rings. The highest BCUT2D eigenvalue weighted by molar-refractivity contribution is 7.10. The summed E-state index contributed by atoms with van der Waals surface area (Å²) in [4.78, 5) is 18.7. The SMILES string of the molecule is C=CCN1CCC2(CC1)CN(C(=O)Cc1cccs1)c1ccc(C)cc12. The van der Waals surface area contributed by atoms with Gasteiger partial charge in [0, 0.05) is 29.1 Å². The van der Waals surface area contributed by atoms with Crippen molar-refractivity contribution in [3.8, 4) is 0 Å². The number of amides is 1. The van der Waals surface area contributed by atoms with Crippen LogP contribution in [0.25, 0.3) is 0 Å². The molecule has 0 saturated carbocycles. The van der Waals surface area contributed by atoms with Crippen molar-refractivity contribution in [2.75, 3.05) is 31.1 Å². The van der Waals surface area contributed by atoms with Crippen molar-refractivity contribution in [3.05, 3.63) is 64.4 Å². The zero-order chi connectivity index (χ0) is 18.1. The summed E-state index contributed by atoms with van der Waals surface area (Å²) in [6.07, 6.45) is 4.71. The van der Waals surface area contributed by atoms with Crippen LogP contribution in [0.1, 0.15) is 28.8 Å². The van der Waals surface area contributed by atoms with Gasteiger partial charge in [-0.05, 0) is 55.9 Å². The molecule has 0 unspecified atom stereocenters. The average molecular weight is 367 g/mol. The molecular formula is C22H26N2OS. The summed E-state index contributed by atoms with van der Waals surface area (Å²) < 4.78 is 0. The van der Waals surface area contributed by atoms with E-state index < -0.39 is 0 Å². The molecule has 2 aliphatic heterocycles. The first-order valence-corrected chi connectivity index (χ1v) is 10.3. The molecule has 4 heteroatoms. The Morgan fingerprint density at radius 1 is 1.31 bits per heavy atom. The molecule has 0 aliphatic carbocycles. The van der Waals surface area contributed by atoms with E-state index in [0.29, 0.717) is 6.42 Å². The number of hydrogen-bond acceptors (Lipinski definition) is 3. The van der Waals surface area contributed by atoms with Crippen molar-refractivity contribution in [2.45, 2.75) is 31.6 Å². The molecule has 1 aromatic carbocycles. The Bertz CT molecular complexity index is 804. The molecule has 1 amide bonds. The van der Waals surface area contributed by atoms with Crippen molar-refractivity contribution < 1.29 is 4.79 Å². The Hall–Kier alpha value is -1.91. The van der Waals surface area contributed by atoms with Crippen LogP contribution in [-0.4, -0.2) is 37.0 Å². The summed E-state index contributed by atoms with van der Waals surface area (Å²) in [5, 5.41) is 2.04. The standard InChI is InChI=1S/C22H26N2OS/c1-3-10-23-11-8-22(9-12-23)16-24(20-7-6-17(2)14-19(20)22)21(25)15-18-5-4-13-26-18/h3-7,13-14H,1,8-12,15-16H2,2H3. The number of carbonyl (C=O) groups excluding carboxylic acids is 1. The summed E-state index contributed by atoms with van der Waals surface area (Å²) in [5.74, 6) is 0.225. The minimum atomic E-state index is 0.115. The van der Waals surface area contributed by atoms with Gasteiger partial charge in [0.15, 0.2) is 0 Å². The maximum absolute atomic E-state index is 13.1. The third kappa shape index (κ3) is 3.12. The Kier molecular flexibility index (Phi) is 4.72. The molecule has 0 atom stereocenters. The fourth-order valence-corrected chi connectivity index (χ4v) is 5.13. The van der Waals surface area contributed by atoms with Crippen molar-refractivity contribution in [1.82, 2.24) is 4.90 Å². The summed E-state index contributed by atoms with van der Waals surface area (Å²) in [5.41, 5.74) is 3.92. The first-order chi connectivity index (χ1) is 12.6. The van der Waals surface area contributed by atoms with E-state index in [2.05, 4.69) is 47.6 Å². The lowest BCUT2D eigenvalue weighted by Crippen LogP contribution is -2.46. The molecule has 3 heterocycles. The normalized spacial score (nSPS) is 18.9. The van der Waals surface area contributed by atoms with Gasteiger partial charge in [-0.2, -0.15) is 0 Å². The van der Waals surface area contributed by atoms with Gasteiger partial charge in [-0.15, -0.1) is 17.9 Å². The molecule has 0 radical (unpaired) electrons. The average Bonchev–Trinajstić information content (AvgIpc) is 3.24. The van der Waals surface area contributed by atoms with Gasteiger partial charge in [-0.1, -0.05) is 29.8 Å². The monoisotopic (exact) mass is 366 g/mol. The van der Waals surface area contributed by atoms with Gasteiger partial charge in [0.1, 0.15) is 0 Å². The maximum Gasteiger partial charge on any atom is 0.232 e. The molecular weight excluding hydrogens is 340 g/mol. The van der Waals surface area contributed by atoms with Gasteiger partial charge in [0.25, 0.3) is 0 Å². The van der Waals surface area contributed by atoms with E-state index >= 15 is 0 Å². The number of fused-ring (bicyclic) bond motifs is 2. The first kappa shape index (κ1) is 17.5. The molecule has 2 aliphatic rings. The molecule has 26 heavy (non-hydrogen) atoms. The van der Waals surface area contributed by atoms with Crippen molar-refractivity contribution in [1.29, 1.82) is 0 Å². The molecule has 4 rings (SSSR count). The van der Waals surface area contributed by atoms with E-state index in [0.717, 1.165) is 49.6 Å². The highest BCUT2D eigenvalue weighted by atomic mass is 32.1. The van der Waals surface area contributed by atoms with Crippen LogP contribution in [0, 0.1) is 6.92 Å². The smallest absolute Gasteiger partial charge is 0.232 e. The van der Waals surface area contributed by atoms with E-state index in [-0.39, 0.29) is 11.3 Å². The lowest BCUT2D eigenvalue weighted by Gasteiger charge is -2.39. The number of rotatable bonds is 4. The number of piperidine rings is 1. The number of hydrogen-bond donors (Lipinski definition) is 0. The zero-order valence-corrected chi connectivity index (χ0v) is 16.2. The van der Waals surface area contributed by atoms with Crippen molar-refractivity contribution in [2.24, 2.45) is 0 Å². The molecule has 136 valence electrons. The minimum absolute atomic E-state index is 0.115. The maximum atomic E-state index is 13.1. The Balaban J connectivity index is 1.61. The molecule has 1 spiro atoms. The van der Waals surface area contributed by atoms with Crippen LogP contribution < -0.4 is 4.90 Å². The quantitative estimate of drug-likeness (QED) is 0.759. The van der Waals surface area contributed by atoms with Crippen LogP contribution in [-0.2, 0) is 16.6 Å². The van der Waals surface area contributed by atoms with E-state index in [9.17, 15) is 4.79 Å². The molecule has 1 saturated heterocycles. The lowest BCUT2D eigenvalue weighted by molar-refractivity contribution is -0.118. The van der Waals surface area contributed by atoms with E-state index in [1.54, 1.807) is 11.3 Å². The van der Waals surface area contributed by atoms with Crippen LogP contribution in [0.2, 0.25) is 0 Å². The number of benzene rings is 1. The first-order valence-electron chi connectivity index (χ1n) is 9.38. The largest absolute Gasteiger partial charge is 0.311 e. The van der Waals surface area contributed by atoms with Gasteiger partial charge < -0.3 is 4.90 Å². The summed E-state index contributed by atoms with van der Waals surface area (Å²) >= 11 is 1.66. The number of nitrogens with zero attached hydrogens (tertiary/aromatic N) is 2. The van der Waals surface area contributed by atoms with E-state index in [4.69, 9.17) is 0 Å². The number of carbonyl (C=O) groups is 1. The molecule has 0 bridgehead atoms. The van der Waals surface area contributed by atoms with Crippen LogP contribution in [0.3, 0.4) is 0 Å². The van der Waals surface area contributed by atoms with Gasteiger partial charge in [-0.3, -0.25) is 9.69 Å². The molecule has 2 aromatic rings. The highest BCUT2D eigenvalue weighted by Gasteiger charge is 2.46. The zero-order valence-electron chi connectivity index (χ0n) is 15.4. The van der Waals surface area contributed by atoms with Gasteiger partial charge in [0.2, 0.25) is 5.91 Å². The fraction of sp³-hybridized carbons (Fsp3) is 0.409. The number of anilines is 1. The van der Waals surface area contributed by atoms with Crippen molar-refractivity contribution in [3.63, 3.8) is 0 Å². The molecule has 3 nitrogen and oxygen atoms in total. The van der Waals surface area contributed by atoms with E-state index in [1.807, 2.05) is 17.5 Å². The molecule has 0 N–H and O–H groups in total. The highest BCUT2D eigenvalue weighted by Crippen LogP contribution is 2.47. The molecule has 1 aromatic heterocycles. The topological polar surface area (TPSA) is 23.6 Å². The summed E-state index contributed by atoms with van der Waals surface area (Å²) in [7, 11) is 0. The van der Waals surface area contributed by atoms with Crippen LogP contribution in [0.15, 0.2) is 48.4 Å². The minimum Gasteiger partial charge on any atom is -0.311 e. The third-order valence-corrected chi connectivity index (χ3v) is 6.76. The predicted octanol–water partition coefficient (Wildman–Crippen LogP) is 4.17. The van der Waals surface area contributed by atoms with Gasteiger partial charge in [-0.25, -0.2) is 0 Å². The Morgan fingerprint density at radius 3 is 2.81 bits per heavy atom. The second-order valence-corrected chi connectivity index (χ2v) is 8.66. The van der Waals surface area contributed by atoms with Crippen molar-refractivity contribution >= 4 is 22.9 Å². The van der Waals surface area contributed by atoms with Gasteiger partial charge in [0.05, 0.1) is 6.42 Å². The van der Waals surface area contributed by atoms with Crippen LogP contribution >= 0.6 is 11.3 Å². The van der Waals surface area contributed by atoms with Crippen LogP contribution in [0.4, 0.5) is 5.69 Å². The second kappa shape index (κ2) is 7.01. The Labute approximate surface area is 159 Å².